The maximum Gasteiger partial charge on any atom is 0.420 e. The number of H-pyrrole nitrogens is 1. The van der Waals surface area contributed by atoms with Crippen molar-refractivity contribution in [2.75, 3.05) is 0 Å². The van der Waals surface area contributed by atoms with E-state index >= 15 is 0 Å². The number of nitrogens with zero attached hydrogens (tertiary/aromatic N) is 1. The summed E-state index contributed by atoms with van der Waals surface area (Å²) in [6.45, 7) is 0. The van der Waals surface area contributed by atoms with Crippen molar-refractivity contribution in [3.05, 3.63) is 33.7 Å². The van der Waals surface area contributed by atoms with Crippen LogP contribution in [0.25, 0.3) is 11.0 Å². The number of hydrogen-bond donors (Lipinski definition) is 2. The molecule has 0 unspecified atom stereocenters. The number of carbonyl (C=O) groups is 1. The highest BCUT2D eigenvalue weighted by atomic mass is 35.5. The lowest BCUT2D eigenvalue weighted by Crippen LogP contribution is -2.22. The predicted octanol–water partition coefficient (Wildman–Crippen LogP) is 1.51. The van der Waals surface area contributed by atoms with Crippen molar-refractivity contribution in [2.24, 2.45) is 0 Å². The molecule has 0 aliphatic carbocycles. The molecule has 0 saturated heterocycles. The fourth-order valence-corrected chi connectivity index (χ4v) is 1.45. The van der Waals surface area contributed by atoms with Gasteiger partial charge in [0, 0.05) is 5.02 Å². The van der Waals surface area contributed by atoms with Crippen LogP contribution in [0.2, 0.25) is 5.02 Å². The Bertz CT molecular complexity index is 569. The van der Waals surface area contributed by atoms with E-state index < -0.39 is 11.8 Å². The van der Waals surface area contributed by atoms with Crippen LogP contribution in [0.1, 0.15) is 0 Å². The van der Waals surface area contributed by atoms with Gasteiger partial charge >= 0.3 is 11.8 Å². The fourth-order valence-electron chi connectivity index (χ4n) is 1.27. The molecule has 0 aliphatic rings. The molecule has 0 fully saturated rings. The zero-order chi connectivity index (χ0) is 10.3. The smallest absolute Gasteiger partial charge is 0.420 e. The maximum atomic E-state index is 11.2. The third-order valence-electron chi connectivity index (χ3n) is 1.84. The van der Waals surface area contributed by atoms with Crippen LogP contribution in [0.15, 0.2) is 23.0 Å². The number of imidazole rings is 1. The van der Waals surface area contributed by atoms with E-state index in [1.54, 1.807) is 0 Å². The van der Waals surface area contributed by atoms with Gasteiger partial charge in [-0.2, -0.15) is 4.57 Å². The molecule has 14 heavy (non-hydrogen) atoms. The third kappa shape index (κ3) is 1.18. The Morgan fingerprint density at radius 3 is 2.86 bits per heavy atom. The van der Waals surface area contributed by atoms with Crippen molar-refractivity contribution < 1.29 is 9.90 Å². The SMILES string of the molecule is O=C(O)n1c(=O)[nH]c2cc(Cl)ccc21. The molecule has 1 heterocycles. The number of halogens is 1. The van der Waals surface area contributed by atoms with Crippen LogP contribution in [0.5, 0.6) is 0 Å². The van der Waals surface area contributed by atoms with Gasteiger partial charge in [-0.1, -0.05) is 11.6 Å². The molecule has 0 atom stereocenters. The van der Waals surface area contributed by atoms with Crippen LogP contribution >= 0.6 is 11.6 Å². The molecule has 5 nitrogen and oxygen atoms in total. The van der Waals surface area contributed by atoms with Crippen molar-refractivity contribution in [3.8, 4) is 0 Å². The molecule has 0 radical (unpaired) electrons. The third-order valence-corrected chi connectivity index (χ3v) is 2.07. The van der Waals surface area contributed by atoms with Crippen molar-refractivity contribution in [3.63, 3.8) is 0 Å². The first kappa shape index (κ1) is 8.83. The number of carboxylic acid groups (broad SMARTS) is 1. The van der Waals surface area contributed by atoms with Crippen molar-refractivity contribution >= 4 is 28.7 Å². The van der Waals surface area contributed by atoms with Gasteiger partial charge in [0.25, 0.3) is 0 Å². The minimum absolute atomic E-state index is 0.298. The fraction of sp³-hybridized carbons (Fsp3) is 0. The minimum Gasteiger partial charge on any atom is -0.464 e. The summed E-state index contributed by atoms with van der Waals surface area (Å²) in [5.74, 6) is 0. The Morgan fingerprint density at radius 2 is 2.21 bits per heavy atom. The Balaban J connectivity index is 2.91. The number of hydrogen-bond acceptors (Lipinski definition) is 2. The zero-order valence-electron chi connectivity index (χ0n) is 6.82. The largest absolute Gasteiger partial charge is 0.464 e. The Kier molecular flexibility index (Phi) is 1.82. The van der Waals surface area contributed by atoms with Crippen LogP contribution in [-0.4, -0.2) is 20.8 Å². The number of fused-ring (bicyclic) bond motifs is 1. The molecule has 1 aromatic carbocycles. The van der Waals surface area contributed by atoms with Crippen LogP contribution < -0.4 is 5.69 Å². The Morgan fingerprint density at radius 1 is 1.50 bits per heavy atom. The van der Waals surface area contributed by atoms with E-state index in [-0.39, 0.29) is 0 Å². The van der Waals surface area contributed by atoms with E-state index in [2.05, 4.69) is 4.98 Å². The number of rotatable bonds is 0. The second-order valence-corrected chi connectivity index (χ2v) is 3.15. The topological polar surface area (TPSA) is 75.1 Å². The van der Waals surface area contributed by atoms with Crippen molar-refractivity contribution in [1.29, 1.82) is 0 Å². The van der Waals surface area contributed by atoms with Crippen LogP contribution in [0.3, 0.4) is 0 Å². The van der Waals surface area contributed by atoms with E-state index in [9.17, 15) is 9.59 Å². The van der Waals surface area contributed by atoms with Crippen molar-refractivity contribution in [2.45, 2.75) is 0 Å². The normalized spacial score (nSPS) is 10.6. The molecule has 0 aliphatic heterocycles. The summed E-state index contributed by atoms with van der Waals surface area (Å²) in [4.78, 5) is 24.3. The van der Waals surface area contributed by atoms with Crippen LogP contribution in [0, 0.1) is 0 Å². The average molecular weight is 213 g/mol. The molecule has 2 aromatic rings. The van der Waals surface area contributed by atoms with Gasteiger partial charge in [-0.05, 0) is 18.2 Å². The second kappa shape index (κ2) is 2.88. The summed E-state index contributed by atoms with van der Waals surface area (Å²) in [5.41, 5.74) is 0.0200. The summed E-state index contributed by atoms with van der Waals surface area (Å²) in [7, 11) is 0. The van der Waals surface area contributed by atoms with E-state index in [0.29, 0.717) is 20.6 Å². The average Bonchev–Trinajstić information content (AvgIpc) is 2.39. The molecule has 0 bridgehead atoms. The van der Waals surface area contributed by atoms with Gasteiger partial charge in [-0.25, -0.2) is 9.59 Å². The highest BCUT2D eigenvalue weighted by Crippen LogP contribution is 2.15. The molecule has 0 amide bonds. The van der Waals surface area contributed by atoms with Gasteiger partial charge < -0.3 is 10.1 Å². The summed E-state index contributed by atoms with van der Waals surface area (Å²) in [6, 6.07) is 4.50. The minimum atomic E-state index is -1.32. The van der Waals surface area contributed by atoms with Gasteiger partial charge in [0.15, 0.2) is 0 Å². The van der Waals surface area contributed by atoms with E-state index in [1.165, 1.54) is 18.2 Å². The Labute approximate surface area is 82.5 Å². The zero-order valence-corrected chi connectivity index (χ0v) is 7.58. The molecule has 0 saturated carbocycles. The molecule has 72 valence electrons. The van der Waals surface area contributed by atoms with Gasteiger partial charge in [0.2, 0.25) is 0 Å². The monoisotopic (exact) mass is 212 g/mol. The second-order valence-electron chi connectivity index (χ2n) is 2.71. The van der Waals surface area contributed by atoms with Gasteiger partial charge in [0.05, 0.1) is 11.0 Å². The molecule has 6 heteroatoms. The van der Waals surface area contributed by atoms with E-state index in [0.717, 1.165) is 0 Å². The molecule has 2 rings (SSSR count). The lowest BCUT2D eigenvalue weighted by molar-refractivity contribution is 0.196. The number of aromatic nitrogens is 2. The van der Waals surface area contributed by atoms with Crippen LogP contribution in [-0.2, 0) is 0 Å². The first-order valence-electron chi connectivity index (χ1n) is 3.73. The molecular formula is C8H5ClN2O3. The summed E-state index contributed by atoms with van der Waals surface area (Å²) in [6.07, 6.45) is -1.32. The van der Waals surface area contributed by atoms with Gasteiger partial charge in [-0.15, -0.1) is 0 Å². The molecular weight excluding hydrogens is 208 g/mol. The van der Waals surface area contributed by atoms with Gasteiger partial charge in [0.1, 0.15) is 0 Å². The van der Waals surface area contributed by atoms with E-state index in [4.69, 9.17) is 16.7 Å². The Hall–Kier alpha value is -1.75. The highest BCUT2D eigenvalue weighted by Gasteiger charge is 2.11. The summed E-state index contributed by atoms with van der Waals surface area (Å²) >= 11 is 5.68. The van der Waals surface area contributed by atoms with Crippen LogP contribution in [0.4, 0.5) is 4.79 Å². The highest BCUT2D eigenvalue weighted by molar-refractivity contribution is 6.31. The first-order chi connectivity index (χ1) is 6.59. The maximum absolute atomic E-state index is 11.2. The van der Waals surface area contributed by atoms with E-state index in [1.807, 2.05) is 0 Å². The molecule has 2 N–H and O–H groups in total. The van der Waals surface area contributed by atoms with Crippen molar-refractivity contribution in [1.82, 2.24) is 9.55 Å². The number of aromatic amines is 1. The number of benzene rings is 1. The summed E-state index contributed by atoms with van der Waals surface area (Å²) < 4.78 is 0.631. The summed E-state index contributed by atoms with van der Waals surface area (Å²) in [5, 5.41) is 9.17. The standard InChI is InChI=1S/C8H5ClN2O3/c9-4-1-2-6-5(3-4)10-7(12)11(6)8(13)14/h1-3H,(H,10,12)(H,13,14). The van der Waals surface area contributed by atoms with Gasteiger partial charge in [-0.3, -0.25) is 0 Å². The molecule has 0 spiro atoms. The lowest BCUT2D eigenvalue weighted by atomic mass is 10.3. The number of nitrogens with one attached hydrogen (secondary N) is 1. The molecule has 1 aromatic heterocycles. The lowest BCUT2D eigenvalue weighted by Gasteiger charge is -1.94. The quantitative estimate of drug-likeness (QED) is 0.695. The first-order valence-corrected chi connectivity index (χ1v) is 4.11. The predicted molar refractivity (Wildman–Crippen MR) is 51.0 cm³/mol.